The predicted octanol–water partition coefficient (Wildman–Crippen LogP) is 2.61. The van der Waals surface area contributed by atoms with Crippen molar-refractivity contribution in [1.82, 2.24) is 10.6 Å². The molecule has 4 unspecified atom stereocenters. The van der Waals surface area contributed by atoms with E-state index in [4.69, 9.17) is 4.42 Å². The van der Waals surface area contributed by atoms with Gasteiger partial charge < -0.3 is 15.1 Å². The number of nitrogens with one attached hydrogen (secondary N) is 2. The van der Waals surface area contributed by atoms with Gasteiger partial charge in [-0.15, -0.1) is 0 Å². The molecule has 1 aromatic heterocycles. The summed E-state index contributed by atoms with van der Waals surface area (Å²) in [5.74, 6) is 0.594. The summed E-state index contributed by atoms with van der Waals surface area (Å²) in [7, 11) is 0. The lowest BCUT2D eigenvalue weighted by atomic mass is 9.70. The molecule has 2 aliphatic rings. The fourth-order valence-corrected chi connectivity index (χ4v) is 4.64. The third-order valence-corrected chi connectivity index (χ3v) is 6.05. The first-order chi connectivity index (χ1) is 13.0. The molecule has 2 amide bonds. The highest BCUT2D eigenvalue weighted by Crippen LogP contribution is 2.37. The maximum absolute atomic E-state index is 12.7. The second-order valence-corrected chi connectivity index (χ2v) is 7.68. The number of carbonyl (C=O) groups excluding carboxylic acids is 2. The van der Waals surface area contributed by atoms with E-state index in [1.165, 1.54) is 0 Å². The van der Waals surface area contributed by atoms with Gasteiger partial charge in [0.05, 0.1) is 0 Å². The zero-order valence-corrected chi connectivity index (χ0v) is 15.4. The fraction of sp³-hybridized carbons (Fsp3) is 0.476. The van der Waals surface area contributed by atoms with Gasteiger partial charge in [0.25, 0.3) is 5.91 Å². The van der Waals surface area contributed by atoms with Crippen molar-refractivity contribution in [2.75, 3.05) is 0 Å². The normalized spacial score (nSPS) is 27.7. The van der Waals surface area contributed by atoms with Gasteiger partial charge in [-0.05, 0) is 43.2 Å². The van der Waals surface area contributed by atoms with Gasteiger partial charge in [0.15, 0.2) is 0 Å². The largest absolute Gasteiger partial charge is 0.422 e. The van der Waals surface area contributed by atoms with Crippen LogP contribution in [0.2, 0.25) is 0 Å². The van der Waals surface area contributed by atoms with Crippen molar-refractivity contribution in [2.24, 2.45) is 11.8 Å². The Morgan fingerprint density at radius 1 is 1.26 bits per heavy atom. The number of piperidine rings is 1. The van der Waals surface area contributed by atoms with Crippen LogP contribution in [-0.2, 0) is 4.79 Å². The molecule has 4 rings (SSSR count). The molecule has 2 aromatic rings. The van der Waals surface area contributed by atoms with E-state index in [-0.39, 0.29) is 23.6 Å². The van der Waals surface area contributed by atoms with Crippen molar-refractivity contribution in [2.45, 2.75) is 51.1 Å². The Hall–Kier alpha value is -2.63. The predicted molar refractivity (Wildman–Crippen MR) is 101 cm³/mol. The molecule has 2 fully saturated rings. The Morgan fingerprint density at radius 3 is 2.89 bits per heavy atom. The van der Waals surface area contributed by atoms with Crippen LogP contribution in [0.4, 0.5) is 0 Å². The lowest BCUT2D eigenvalue weighted by molar-refractivity contribution is -0.127. The van der Waals surface area contributed by atoms with Gasteiger partial charge in [-0.3, -0.25) is 9.59 Å². The smallest absolute Gasteiger partial charge is 0.349 e. The zero-order valence-electron chi connectivity index (χ0n) is 15.4. The first kappa shape index (κ1) is 17.8. The number of hydrogen-bond donors (Lipinski definition) is 2. The third-order valence-electron chi connectivity index (χ3n) is 6.05. The van der Waals surface area contributed by atoms with Crippen molar-refractivity contribution in [3.63, 3.8) is 0 Å². The molecular weight excluding hydrogens is 344 g/mol. The Balaban J connectivity index is 1.48. The summed E-state index contributed by atoms with van der Waals surface area (Å²) in [6.07, 6.45) is 4.15. The summed E-state index contributed by atoms with van der Waals surface area (Å²) in [4.78, 5) is 36.8. The van der Waals surface area contributed by atoms with E-state index in [0.29, 0.717) is 30.3 Å². The van der Waals surface area contributed by atoms with Crippen LogP contribution < -0.4 is 16.3 Å². The molecule has 142 valence electrons. The Morgan fingerprint density at radius 2 is 2.07 bits per heavy atom. The summed E-state index contributed by atoms with van der Waals surface area (Å²) in [6, 6.07) is 8.76. The van der Waals surface area contributed by atoms with E-state index in [1.54, 1.807) is 18.2 Å². The van der Waals surface area contributed by atoms with E-state index in [9.17, 15) is 14.4 Å². The Kier molecular flexibility index (Phi) is 4.72. The Labute approximate surface area is 157 Å². The van der Waals surface area contributed by atoms with Gasteiger partial charge in [-0.2, -0.15) is 0 Å². The van der Waals surface area contributed by atoms with Crippen molar-refractivity contribution in [3.8, 4) is 0 Å². The second kappa shape index (κ2) is 7.18. The monoisotopic (exact) mass is 368 g/mol. The van der Waals surface area contributed by atoms with Crippen molar-refractivity contribution in [1.29, 1.82) is 0 Å². The lowest BCUT2D eigenvalue weighted by Gasteiger charge is -2.44. The van der Waals surface area contributed by atoms with Gasteiger partial charge in [0.1, 0.15) is 11.1 Å². The van der Waals surface area contributed by atoms with Crippen molar-refractivity contribution >= 4 is 22.8 Å². The van der Waals surface area contributed by atoms with Gasteiger partial charge in [-0.1, -0.05) is 31.5 Å². The number of carbonyl (C=O) groups is 2. The van der Waals surface area contributed by atoms with E-state index in [0.717, 1.165) is 24.6 Å². The van der Waals surface area contributed by atoms with Crippen LogP contribution in [0.3, 0.4) is 0 Å². The average Bonchev–Trinajstić information content (AvgIpc) is 2.66. The summed E-state index contributed by atoms with van der Waals surface area (Å²) in [5.41, 5.74) is -0.137. The van der Waals surface area contributed by atoms with E-state index >= 15 is 0 Å². The summed E-state index contributed by atoms with van der Waals surface area (Å²) in [6.45, 7) is 2.13. The van der Waals surface area contributed by atoms with Crippen LogP contribution in [0.1, 0.15) is 49.4 Å². The molecule has 1 saturated carbocycles. The first-order valence-corrected chi connectivity index (χ1v) is 9.68. The molecule has 4 atom stereocenters. The van der Waals surface area contributed by atoms with Crippen LogP contribution in [0.5, 0.6) is 0 Å². The van der Waals surface area contributed by atoms with E-state index in [2.05, 4.69) is 17.6 Å². The molecule has 0 bridgehead atoms. The highest BCUT2D eigenvalue weighted by molar-refractivity contribution is 5.96. The first-order valence-electron chi connectivity index (χ1n) is 9.68. The topological polar surface area (TPSA) is 88.4 Å². The molecule has 2 heterocycles. The molecule has 6 heteroatoms. The number of rotatable bonds is 3. The minimum Gasteiger partial charge on any atom is -0.422 e. The lowest BCUT2D eigenvalue weighted by Crippen LogP contribution is -2.55. The SMILES string of the molecule is CCC1CC(=O)NC2CC(NC(=O)c3cc4ccccc4oc3=O)CCC12. The van der Waals surface area contributed by atoms with Crippen molar-refractivity contribution < 1.29 is 14.0 Å². The summed E-state index contributed by atoms with van der Waals surface area (Å²) >= 11 is 0. The summed E-state index contributed by atoms with van der Waals surface area (Å²) < 4.78 is 5.26. The molecule has 27 heavy (non-hydrogen) atoms. The minimum atomic E-state index is -0.628. The van der Waals surface area contributed by atoms with Crippen LogP contribution in [0.25, 0.3) is 11.0 Å². The molecule has 2 N–H and O–H groups in total. The van der Waals surface area contributed by atoms with Crippen LogP contribution in [0, 0.1) is 11.8 Å². The average molecular weight is 368 g/mol. The molecule has 1 aliphatic carbocycles. The number of fused-ring (bicyclic) bond motifs is 2. The van der Waals surface area contributed by atoms with Crippen LogP contribution in [0.15, 0.2) is 39.5 Å². The number of amides is 2. The highest BCUT2D eigenvalue weighted by atomic mass is 16.4. The molecule has 1 aromatic carbocycles. The van der Waals surface area contributed by atoms with E-state index < -0.39 is 11.5 Å². The van der Waals surface area contributed by atoms with Crippen LogP contribution in [-0.4, -0.2) is 23.9 Å². The molecule has 1 saturated heterocycles. The second-order valence-electron chi connectivity index (χ2n) is 7.68. The molecular formula is C21H24N2O4. The zero-order chi connectivity index (χ0) is 19.0. The van der Waals surface area contributed by atoms with Gasteiger partial charge in [0.2, 0.25) is 5.91 Å². The van der Waals surface area contributed by atoms with Gasteiger partial charge in [-0.25, -0.2) is 4.79 Å². The molecule has 1 aliphatic heterocycles. The van der Waals surface area contributed by atoms with Gasteiger partial charge >= 0.3 is 5.63 Å². The van der Waals surface area contributed by atoms with E-state index in [1.807, 2.05) is 12.1 Å². The third kappa shape index (κ3) is 3.48. The number of benzene rings is 1. The molecule has 0 spiro atoms. The summed E-state index contributed by atoms with van der Waals surface area (Å²) in [5, 5.41) is 6.78. The maximum Gasteiger partial charge on any atom is 0.349 e. The van der Waals surface area contributed by atoms with Crippen molar-refractivity contribution in [3.05, 3.63) is 46.3 Å². The maximum atomic E-state index is 12.7. The van der Waals surface area contributed by atoms with Crippen LogP contribution >= 0.6 is 0 Å². The van der Waals surface area contributed by atoms with Gasteiger partial charge in [0, 0.05) is 23.9 Å². The standard InChI is InChI=1S/C21H24N2O4/c1-2-12-10-19(24)23-17-11-14(7-8-15(12)17)22-20(25)16-9-13-5-3-4-6-18(13)27-21(16)26/h3-6,9,12,14-15,17H,2,7-8,10-11H2,1H3,(H,22,25)(H,23,24). The highest BCUT2D eigenvalue weighted by Gasteiger charge is 2.40. The number of para-hydroxylation sites is 1. The molecule has 0 radical (unpaired) electrons. The minimum absolute atomic E-state index is 0.0231. The Bertz CT molecular complexity index is 935. The molecule has 6 nitrogen and oxygen atoms in total. The fourth-order valence-electron chi connectivity index (χ4n) is 4.64. The quantitative estimate of drug-likeness (QED) is 0.815. The number of hydrogen-bond acceptors (Lipinski definition) is 4.